The van der Waals surface area contributed by atoms with Gasteiger partial charge in [0.2, 0.25) is 10.0 Å². The van der Waals surface area contributed by atoms with E-state index in [0.29, 0.717) is 12.5 Å². The summed E-state index contributed by atoms with van der Waals surface area (Å²) in [6.45, 7) is 4.52. The summed E-state index contributed by atoms with van der Waals surface area (Å²) in [5.74, 6) is -0.0371. The molecule has 0 aromatic heterocycles. The highest BCUT2D eigenvalue weighted by atomic mass is 79.9. The first-order chi connectivity index (χ1) is 8.25. The fraction of sp³-hybridized carbons (Fsp3) is 0.500. The van der Waals surface area contributed by atoms with Crippen LogP contribution in [0.2, 0.25) is 0 Å². The van der Waals surface area contributed by atoms with Crippen LogP contribution in [0.15, 0.2) is 27.6 Å². The molecule has 0 N–H and O–H groups in total. The fourth-order valence-corrected chi connectivity index (χ4v) is 3.60. The summed E-state index contributed by atoms with van der Waals surface area (Å²) in [6, 6.07) is 3.58. The molecule has 0 fully saturated rings. The molecule has 0 atom stereocenters. The van der Waals surface area contributed by atoms with Crippen LogP contribution in [-0.4, -0.2) is 26.3 Å². The van der Waals surface area contributed by atoms with Crippen LogP contribution in [0.1, 0.15) is 20.3 Å². The van der Waals surface area contributed by atoms with E-state index < -0.39 is 15.8 Å². The van der Waals surface area contributed by atoms with Crippen molar-refractivity contribution < 1.29 is 12.8 Å². The van der Waals surface area contributed by atoms with E-state index >= 15 is 0 Å². The number of benzene rings is 1. The lowest BCUT2D eigenvalue weighted by Crippen LogP contribution is -2.29. The third-order valence-electron chi connectivity index (χ3n) is 2.60. The van der Waals surface area contributed by atoms with Gasteiger partial charge in [-0.2, -0.15) is 0 Å². The number of nitrogens with zero attached hydrogens (tertiary/aromatic N) is 1. The van der Waals surface area contributed by atoms with Crippen molar-refractivity contribution in [2.24, 2.45) is 5.92 Å². The number of hydrogen-bond donors (Lipinski definition) is 0. The average Bonchev–Trinajstić information content (AvgIpc) is 2.24. The number of rotatable bonds is 5. The van der Waals surface area contributed by atoms with Crippen molar-refractivity contribution in [3.8, 4) is 0 Å². The largest absolute Gasteiger partial charge is 0.243 e. The normalized spacial score (nSPS) is 12.4. The minimum Gasteiger partial charge on any atom is -0.207 e. The van der Waals surface area contributed by atoms with Crippen molar-refractivity contribution in [2.45, 2.75) is 25.2 Å². The first kappa shape index (κ1) is 15.6. The van der Waals surface area contributed by atoms with Crippen molar-refractivity contribution in [3.63, 3.8) is 0 Å². The second-order valence-electron chi connectivity index (χ2n) is 4.58. The molecule has 18 heavy (non-hydrogen) atoms. The summed E-state index contributed by atoms with van der Waals surface area (Å²) >= 11 is 3.09. The van der Waals surface area contributed by atoms with Crippen molar-refractivity contribution in [2.75, 3.05) is 13.6 Å². The van der Waals surface area contributed by atoms with Crippen LogP contribution in [0.25, 0.3) is 0 Å². The third-order valence-corrected chi connectivity index (χ3v) is 5.44. The Morgan fingerprint density at radius 2 is 2.00 bits per heavy atom. The van der Waals surface area contributed by atoms with Gasteiger partial charge in [-0.05, 0) is 46.5 Å². The lowest BCUT2D eigenvalue weighted by Gasteiger charge is -2.19. The molecule has 0 bridgehead atoms. The molecule has 102 valence electrons. The van der Waals surface area contributed by atoms with Crippen LogP contribution in [0.3, 0.4) is 0 Å². The Kier molecular flexibility index (Phi) is 5.31. The van der Waals surface area contributed by atoms with Gasteiger partial charge in [0.05, 0.1) is 4.90 Å². The maximum absolute atomic E-state index is 13.0. The van der Waals surface area contributed by atoms with Gasteiger partial charge in [-0.1, -0.05) is 13.8 Å². The SMILES string of the molecule is CC(C)CCN(C)S(=O)(=O)c1ccc(F)cc1Br. The standard InChI is InChI=1S/C12H17BrFNO2S/c1-9(2)6-7-15(3)18(16,17)12-5-4-10(14)8-11(12)13/h4-5,8-9H,6-7H2,1-3H3. The van der Waals surface area contributed by atoms with E-state index in [1.54, 1.807) is 0 Å². The number of hydrogen-bond acceptors (Lipinski definition) is 2. The molecule has 1 rings (SSSR count). The summed E-state index contributed by atoms with van der Waals surface area (Å²) in [5, 5.41) is 0. The van der Waals surface area contributed by atoms with Crippen LogP contribution in [-0.2, 0) is 10.0 Å². The molecule has 0 radical (unpaired) electrons. The zero-order valence-corrected chi connectivity index (χ0v) is 13.1. The molecule has 1 aromatic carbocycles. The molecule has 0 amide bonds. The molecule has 0 saturated carbocycles. The summed E-state index contributed by atoms with van der Waals surface area (Å²) in [7, 11) is -2.03. The molecule has 3 nitrogen and oxygen atoms in total. The van der Waals surface area contributed by atoms with Crippen molar-refractivity contribution in [3.05, 3.63) is 28.5 Å². The number of halogens is 2. The zero-order valence-electron chi connectivity index (χ0n) is 10.7. The van der Waals surface area contributed by atoms with Crippen molar-refractivity contribution >= 4 is 26.0 Å². The average molecular weight is 338 g/mol. The second-order valence-corrected chi connectivity index (χ2v) is 7.45. The lowest BCUT2D eigenvalue weighted by molar-refractivity contribution is 0.427. The van der Waals surface area contributed by atoms with Gasteiger partial charge >= 0.3 is 0 Å². The molecule has 1 aromatic rings. The van der Waals surface area contributed by atoms with Gasteiger partial charge in [0.25, 0.3) is 0 Å². The molecule has 6 heteroatoms. The van der Waals surface area contributed by atoms with Gasteiger partial charge in [0.15, 0.2) is 0 Å². The van der Waals surface area contributed by atoms with Gasteiger partial charge in [0.1, 0.15) is 5.82 Å². The Morgan fingerprint density at radius 3 is 2.50 bits per heavy atom. The Labute approximate surface area is 116 Å². The Hall–Kier alpha value is -0.460. The maximum atomic E-state index is 13.0. The van der Waals surface area contributed by atoms with Crippen LogP contribution in [0.5, 0.6) is 0 Å². The zero-order chi connectivity index (χ0) is 13.9. The van der Waals surface area contributed by atoms with E-state index in [-0.39, 0.29) is 9.37 Å². The minimum atomic E-state index is -3.56. The predicted octanol–water partition coefficient (Wildman–Crippen LogP) is 3.25. The van der Waals surface area contributed by atoms with Crippen LogP contribution >= 0.6 is 15.9 Å². The second kappa shape index (κ2) is 6.12. The molecule has 0 saturated heterocycles. The van der Waals surface area contributed by atoms with E-state index in [1.165, 1.54) is 17.4 Å². The molecule has 0 heterocycles. The Balaban J connectivity index is 2.98. The monoisotopic (exact) mass is 337 g/mol. The third kappa shape index (κ3) is 3.76. The van der Waals surface area contributed by atoms with E-state index in [4.69, 9.17) is 0 Å². The molecule has 0 aliphatic rings. The smallest absolute Gasteiger partial charge is 0.207 e. The highest BCUT2D eigenvalue weighted by Crippen LogP contribution is 2.25. The van der Waals surface area contributed by atoms with Gasteiger partial charge in [-0.3, -0.25) is 0 Å². The highest BCUT2D eigenvalue weighted by molar-refractivity contribution is 9.10. The maximum Gasteiger partial charge on any atom is 0.243 e. The molecule has 0 aliphatic heterocycles. The summed E-state index contributed by atoms with van der Waals surface area (Å²) in [6.07, 6.45) is 0.786. The predicted molar refractivity (Wildman–Crippen MR) is 73.4 cm³/mol. The van der Waals surface area contributed by atoms with Crippen molar-refractivity contribution in [1.29, 1.82) is 0 Å². The van der Waals surface area contributed by atoms with Crippen LogP contribution in [0.4, 0.5) is 4.39 Å². The van der Waals surface area contributed by atoms with E-state index in [2.05, 4.69) is 15.9 Å². The topological polar surface area (TPSA) is 37.4 Å². The van der Waals surface area contributed by atoms with Gasteiger partial charge < -0.3 is 0 Å². The number of sulfonamides is 1. The van der Waals surface area contributed by atoms with Gasteiger partial charge in [0, 0.05) is 18.1 Å². The molecule has 0 unspecified atom stereocenters. The molecule has 0 spiro atoms. The van der Waals surface area contributed by atoms with Gasteiger partial charge in [-0.25, -0.2) is 17.1 Å². The summed E-state index contributed by atoms with van der Waals surface area (Å²) in [5.41, 5.74) is 0. The molecule has 0 aliphatic carbocycles. The van der Waals surface area contributed by atoms with Crippen LogP contribution in [0, 0.1) is 11.7 Å². The minimum absolute atomic E-state index is 0.0927. The first-order valence-electron chi connectivity index (χ1n) is 5.66. The van der Waals surface area contributed by atoms with E-state index in [0.717, 1.165) is 18.6 Å². The Bertz CT molecular complexity index is 517. The van der Waals surface area contributed by atoms with Crippen LogP contribution < -0.4 is 0 Å². The fourth-order valence-electron chi connectivity index (χ4n) is 1.41. The summed E-state index contributed by atoms with van der Waals surface area (Å²) < 4.78 is 39.0. The quantitative estimate of drug-likeness (QED) is 0.826. The van der Waals surface area contributed by atoms with E-state index in [9.17, 15) is 12.8 Å². The van der Waals surface area contributed by atoms with Gasteiger partial charge in [-0.15, -0.1) is 0 Å². The lowest BCUT2D eigenvalue weighted by atomic mass is 10.1. The highest BCUT2D eigenvalue weighted by Gasteiger charge is 2.23. The van der Waals surface area contributed by atoms with Crippen molar-refractivity contribution in [1.82, 2.24) is 4.31 Å². The first-order valence-corrected chi connectivity index (χ1v) is 7.90. The molecular formula is C12H17BrFNO2S. The summed E-state index contributed by atoms with van der Waals surface area (Å²) in [4.78, 5) is 0.0927. The Morgan fingerprint density at radius 1 is 1.39 bits per heavy atom. The van der Waals surface area contributed by atoms with E-state index in [1.807, 2.05) is 13.8 Å². The molecular weight excluding hydrogens is 321 g/mol.